The molecule has 0 spiro atoms. The third-order valence-corrected chi connectivity index (χ3v) is 6.23. The quantitative estimate of drug-likeness (QED) is 0.325. The van der Waals surface area contributed by atoms with E-state index in [0.717, 1.165) is 28.5 Å². The Hall–Kier alpha value is -4.45. The lowest BCUT2D eigenvalue weighted by atomic mass is 9.87. The molecule has 36 heavy (non-hydrogen) atoms. The second-order valence-electron chi connectivity index (χ2n) is 8.48. The van der Waals surface area contributed by atoms with E-state index in [1.54, 1.807) is 6.20 Å². The summed E-state index contributed by atoms with van der Waals surface area (Å²) in [6.45, 7) is 2.11. The van der Waals surface area contributed by atoms with Crippen LogP contribution in [0.1, 0.15) is 36.8 Å². The first-order chi connectivity index (χ1) is 17.8. The fraction of sp³-hybridized carbons (Fsp3) is 0.167. The summed E-state index contributed by atoms with van der Waals surface area (Å²) in [6, 6.07) is 31.1. The van der Waals surface area contributed by atoms with E-state index in [1.165, 1.54) is 0 Å². The van der Waals surface area contributed by atoms with Gasteiger partial charge in [0.15, 0.2) is 0 Å². The Balaban J connectivity index is 1.76. The van der Waals surface area contributed by atoms with E-state index in [9.17, 15) is 4.79 Å². The van der Waals surface area contributed by atoms with E-state index in [2.05, 4.69) is 22.3 Å². The molecule has 5 rings (SSSR count). The van der Waals surface area contributed by atoms with Gasteiger partial charge >= 0.3 is 5.97 Å². The highest BCUT2D eigenvalue weighted by Gasteiger charge is 2.42. The largest absolute Gasteiger partial charge is 0.463 e. The van der Waals surface area contributed by atoms with Crippen LogP contribution < -0.4 is 10.2 Å². The SMILES string of the molecule is CCOC(=O)C1=C(Nc2ccccc2)C[C@@H](c2ccccn2)N(c2ccccc2)[C@@H]1c1ccccn1. The van der Waals surface area contributed by atoms with Crippen molar-refractivity contribution in [1.82, 2.24) is 9.97 Å². The van der Waals surface area contributed by atoms with Crippen LogP contribution in [0.15, 0.2) is 121 Å². The topological polar surface area (TPSA) is 67.3 Å². The summed E-state index contributed by atoms with van der Waals surface area (Å²) in [5.41, 5.74) is 4.91. The van der Waals surface area contributed by atoms with Crippen molar-refractivity contribution in [2.75, 3.05) is 16.8 Å². The molecular formula is C30H28N4O2. The summed E-state index contributed by atoms with van der Waals surface area (Å²) in [6.07, 6.45) is 4.11. The number of aromatic nitrogens is 2. The standard InChI is InChI=1S/C30H28N4O2/c1-2-36-30(35)28-26(33-22-13-5-3-6-14-22)21-27(24-17-9-11-19-31-24)34(23-15-7-4-8-16-23)29(28)25-18-10-12-20-32-25/h3-20,27,29,33H,2,21H2,1H3/t27-,29+/m0/s1. The number of nitrogens with one attached hydrogen (secondary N) is 1. The Morgan fingerprint density at radius 2 is 1.47 bits per heavy atom. The van der Waals surface area contributed by atoms with E-state index >= 15 is 0 Å². The van der Waals surface area contributed by atoms with Crippen LogP contribution in [-0.2, 0) is 9.53 Å². The predicted molar refractivity (Wildman–Crippen MR) is 141 cm³/mol. The van der Waals surface area contributed by atoms with E-state index in [1.807, 2.05) is 98.0 Å². The average Bonchev–Trinajstić information content (AvgIpc) is 2.94. The van der Waals surface area contributed by atoms with Gasteiger partial charge in [0.1, 0.15) is 6.04 Å². The Bertz CT molecular complexity index is 1310. The molecule has 0 saturated carbocycles. The Morgan fingerprint density at radius 1 is 0.861 bits per heavy atom. The Labute approximate surface area is 211 Å². The lowest BCUT2D eigenvalue weighted by Gasteiger charge is -2.44. The molecule has 0 unspecified atom stereocenters. The zero-order chi connectivity index (χ0) is 24.7. The molecule has 6 nitrogen and oxygen atoms in total. The van der Waals surface area contributed by atoms with Crippen LogP contribution in [0.25, 0.3) is 0 Å². The predicted octanol–water partition coefficient (Wildman–Crippen LogP) is 6.10. The highest BCUT2D eigenvalue weighted by atomic mass is 16.5. The number of hydrogen-bond acceptors (Lipinski definition) is 6. The van der Waals surface area contributed by atoms with Gasteiger partial charge in [0.25, 0.3) is 0 Å². The highest BCUT2D eigenvalue weighted by molar-refractivity contribution is 5.93. The van der Waals surface area contributed by atoms with Gasteiger partial charge in [0.2, 0.25) is 0 Å². The molecule has 6 heteroatoms. The van der Waals surface area contributed by atoms with Crippen LogP contribution in [0.4, 0.5) is 11.4 Å². The summed E-state index contributed by atoms with van der Waals surface area (Å²) in [5, 5.41) is 3.54. The van der Waals surface area contributed by atoms with Crippen molar-refractivity contribution >= 4 is 17.3 Å². The minimum absolute atomic E-state index is 0.148. The number of anilines is 2. The van der Waals surface area contributed by atoms with Crippen LogP contribution in [0.5, 0.6) is 0 Å². The van der Waals surface area contributed by atoms with Gasteiger partial charge in [0.05, 0.1) is 29.6 Å². The van der Waals surface area contributed by atoms with Crippen molar-refractivity contribution in [3.8, 4) is 0 Å². The molecule has 180 valence electrons. The van der Waals surface area contributed by atoms with E-state index < -0.39 is 6.04 Å². The highest BCUT2D eigenvalue weighted by Crippen LogP contribution is 2.47. The first kappa shape index (κ1) is 23.3. The van der Waals surface area contributed by atoms with E-state index in [-0.39, 0.29) is 18.6 Å². The number of carbonyl (C=O) groups excluding carboxylic acids is 1. The van der Waals surface area contributed by atoms with Crippen molar-refractivity contribution in [3.63, 3.8) is 0 Å². The number of rotatable bonds is 7. The molecule has 2 aromatic heterocycles. The zero-order valence-electron chi connectivity index (χ0n) is 20.1. The summed E-state index contributed by atoms with van der Waals surface area (Å²) in [5.74, 6) is -0.355. The van der Waals surface area contributed by atoms with Gasteiger partial charge in [-0.3, -0.25) is 9.97 Å². The number of para-hydroxylation sites is 2. The van der Waals surface area contributed by atoms with Crippen LogP contribution in [-0.4, -0.2) is 22.5 Å². The molecule has 3 heterocycles. The van der Waals surface area contributed by atoms with E-state index in [4.69, 9.17) is 14.7 Å². The average molecular weight is 477 g/mol. The van der Waals surface area contributed by atoms with Gasteiger partial charge in [-0.25, -0.2) is 4.79 Å². The van der Waals surface area contributed by atoms with Gasteiger partial charge < -0.3 is 15.0 Å². The summed E-state index contributed by atoms with van der Waals surface area (Å²) >= 11 is 0. The van der Waals surface area contributed by atoms with Crippen molar-refractivity contribution in [2.45, 2.75) is 25.4 Å². The molecule has 0 amide bonds. The lowest BCUT2D eigenvalue weighted by Crippen LogP contribution is -2.42. The molecule has 1 aliphatic rings. The molecule has 0 bridgehead atoms. The minimum Gasteiger partial charge on any atom is -0.463 e. The molecule has 0 radical (unpaired) electrons. The molecule has 0 fully saturated rings. The number of carbonyl (C=O) groups is 1. The van der Waals surface area contributed by atoms with Gasteiger partial charge in [-0.2, -0.15) is 0 Å². The second-order valence-corrected chi connectivity index (χ2v) is 8.48. The Morgan fingerprint density at radius 3 is 2.08 bits per heavy atom. The van der Waals surface area contributed by atoms with E-state index in [0.29, 0.717) is 12.0 Å². The van der Waals surface area contributed by atoms with Crippen LogP contribution in [0.2, 0.25) is 0 Å². The maximum Gasteiger partial charge on any atom is 0.338 e. The molecule has 1 aliphatic heterocycles. The Kier molecular flexibility index (Phi) is 7.03. The van der Waals surface area contributed by atoms with Crippen molar-refractivity contribution in [2.24, 2.45) is 0 Å². The minimum atomic E-state index is -0.486. The third kappa shape index (κ3) is 4.84. The molecular weight excluding hydrogens is 448 g/mol. The van der Waals surface area contributed by atoms with Crippen LogP contribution in [0, 0.1) is 0 Å². The molecule has 4 aromatic rings. The van der Waals surface area contributed by atoms with Crippen LogP contribution >= 0.6 is 0 Å². The molecule has 1 N–H and O–H groups in total. The lowest BCUT2D eigenvalue weighted by molar-refractivity contribution is -0.139. The van der Waals surface area contributed by atoms with Gasteiger partial charge in [-0.1, -0.05) is 48.5 Å². The zero-order valence-corrected chi connectivity index (χ0v) is 20.1. The second kappa shape index (κ2) is 10.9. The summed E-state index contributed by atoms with van der Waals surface area (Å²) < 4.78 is 5.62. The maximum absolute atomic E-state index is 13.6. The van der Waals surface area contributed by atoms with Gasteiger partial charge in [-0.05, 0) is 55.5 Å². The maximum atomic E-state index is 13.6. The molecule has 0 aliphatic carbocycles. The third-order valence-electron chi connectivity index (χ3n) is 6.23. The first-order valence-electron chi connectivity index (χ1n) is 12.1. The fourth-order valence-electron chi connectivity index (χ4n) is 4.72. The number of ether oxygens (including phenoxy) is 1. The van der Waals surface area contributed by atoms with Gasteiger partial charge in [-0.15, -0.1) is 0 Å². The molecule has 0 saturated heterocycles. The summed E-state index contributed by atoms with van der Waals surface area (Å²) in [7, 11) is 0. The normalized spacial score (nSPS) is 17.5. The van der Waals surface area contributed by atoms with Crippen LogP contribution in [0.3, 0.4) is 0 Å². The first-order valence-corrected chi connectivity index (χ1v) is 12.1. The van der Waals surface area contributed by atoms with Crippen molar-refractivity contribution in [3.05, 3.63) is 132 Å². The summed E-state index contributed by atoms with van der Waals surface area (Å²) in [4.78, 5) is 25.3. The smallest absolute Gasteiger partial charge is 0.338 e. The van der Waals surface area contributed by atoms with Gasteiger partial charge in [0, 0.05) is 35.9 Å². The monoisotopic (exact) mass is 476 g/mol. The number of benzene rings is 2. The number of esters is 1. The fourth-order valence-corrected chi connectivity index (χ4v) is 4.72. The molecule has 2 atom stereocenters. The van der Waals surface area contributed by atoms with Crippen molar-refractivity contribution in [1.29, 1.82) is 0 Å². The molecule has 2 aromatic carbocycles. The number of hydrogen-bond donors (Lipinski definition) is 1. The van der Waals surface area contributed by atoms with Crippen molar-refractivity contribution < 1.29 is 9.53 Å². The number of pyridine rings is 2. The number of nitrogens with zero attached hydrogens (tertiary/aromatic N) is 3.